The van der Waals surface area contributed by atoms with Gasteiger partial charge in [-0.05, 0) is 50.2 Å². The molecule has 1 aliphatic carbocycles. The summed E-state index contributed by atoms with van der Waals surface area (Å²) in [4.78, 5) is 26.6. The van der Waals surface area contributed by atoms with Gasteiger partial charge in [-0.15, -0.1) is 0 Å². The molecular formula is C22H26N2O3. The minimum absolute atomic E-state index is 0.0259. The van der Waals surface area contributed by atoms with E-state index in [4.69, 9.17) is 0 Å². The number of fused-ring (bicyclic) bond motifs is 1. The van der Waals surface area contributed by atoms with Crippen molar-refractivity contribution < 1.29 is 14.7 Å². The molecule has 0 heterocycles. The minimum atomic E-state index is -0.212. The van der Waals surface area contributed by atoms with Crippen LogP contribution in [0, 0.1) is 0 Å². The number of nitrogens with one attached hydrogen (secondary N) is 1. The molecule has 0 bridgehead atoms. The Hall–Kier alpha value is -2.66. The van der Waals surface area contributed by atoms with Crippen LogP contribution in [-0.4, -0.2) is 41.8 Å². The van der Waals surface area contributed by atoms with Gasteiger partial charge in [0.15, 0.2) is 5.78 Å². The molecule has 1 unspecified atom stereocenters. The van der Waals surface area contributed by atoms with Crippen molar-refractivity contribution in [1.29, 1.82) is 0 Å². The van der Waals surface area contributed by atoms with E-state index in [9.17, 15) is 14.7 Å². The molecule has 2 N–H and O–H groups in total. The summed E-state index contributed by atoms with van der Waals surface area (Å²) < 4.78 is 0. The molecule has 0 aliphatic heterocycles. The number of Topliss-reactive ketones (excluding diaryl/α,β-unsaturated/α-hetero) is 1. The van der Waals surface area contributed by atoms with E-state index in [2.05, 4.69) is 10.2 Å². The number of phenolic OH excluding ortho intramolecular Hbond substituents is 1. The largest absolute Gasteiger partial charge is 0.508 e. The van der Waals surface area contributed by atoms with Crippen LogP contribution in [0.3, 0.4) is 0 Å². The van der Waals surface area contributed by atoms with Crippen LogP contribution in [0.1, 0.15) is 46.8 Å². The molecule has 2 aromatic rings. The van der Waals surface area contributed by atoms with Gasteiger partial charge in [-0.1, -0.05) is 36.4 Å². The SMILES string of the molecule is CN(C)C(CCC(=O)N[C@H]1CC(=O)c2ccccc21)Cc1ccc(O)cc1. The molecule has 2 atom stereocenters. The maximum atomic E-state index is 12.5. The van der Waals surface area contributed by atoms with Crippen molar-refractivity contribution in [2.24, 2.45) is 0 Å². The normalized spacial score (nSPS) is 17.0. The summed E-state index contributed by atoms with van der Waals surface area (Å²) in [5.74, 6) is 0.322. The average molecular weight is 366 g/mol. The molecule has 0 fully saturated rings. The maximum Gasteiger partial charge on any atom is 0.220 e. The number of amides is 1. The average Bonchev–Trinajstić information content (AvgIpc) is 2.96. The highest BCUT2D eigenvalue weighted by molar-refractivity contribution is 6.01. The third-order valence-corrected chi connectivity index (χ3v) is 5.20. The van der Waals surface area contributed by atoms with Gasteiger partial charge in [0.25, 0.3) is 0 Å². The Morgan fingerprint density at radius 2 is 1.89 bits per heavy atom. The Balaban J connectivity index is 1.55. The van der Waals surface area contributed by atoms with Gasteiger partial charge >= 0.3 is 0 Å². The lowest BCUT2D eigenvalue weighted by molar-refractivity contribution is -0.122. The molecule has 0 saturated heterocycles. The maximum absolute atomic E-state index is 12.5. The molecule has 5 heteroatoms. The summed E-state index contributed by atoms with van der Waals surface area (Å²) in [6.07, 6.45) is 2.29. The number of benzene rings is 2. The molecule has 0 spiro atoms. The molecule has 1 amide bonds. The zero-order valence-corrected chi connectivity index (χ0v) is 15.8. The number of carbonyl (C=O) groups excluding carboxylic acids is 2. The Kier molecular flexibility index (Phi) is 5.91. The molecule has 0 radical (unpaired) electrons. The lowest BCUT2D eigenvalue weighted by Crippen LogP contribution is -2.33. The molecule has 142 valence electrons. The van der Waals surface area contributed by atoms with E-state index in [1.807, 2.05) is 50.5 Å². The zero-order chi connectivity index (χ0) is 19.4. The number of ketones is 1. The van der Waals surface area contributed by atoms with Gasteiger partial charge in [0.1, 0.15) is 5.75 Å². The fourth-order valence-corrected chi connectivity index (χ4v) is 3.60. The third-order valence-electron chi connectivity index (χ3n) is 5.20. The Bertz CT molecular complexity index is 815. The highest BCUT2D eigenvalue weighted by Crippen LogP contribution is 2.30. The van der Waals surface area contributed by atoms with Crippen LogP contribution in [0.5, 0.6) is 5.75 Å². The number of hydrogen-bond acceptors (Lipinski definition) is 4. The van der Waals surface area contributed by atoms with Gasteiger partial charge < -0.3 is 15.3 Å². The molecule has 3 rings (SSSR count). The van der Waals surface area contributed by atoms with Crippen molar-refractivity contribution in [3.05, 3.63) is 65.2 Å². The Labute approximate surface area is 160 Å². The standard InChI is InChI=1S/C22H26N2O3/c1-24(2)16(13-15-7-10-17(25)11-8-15)9-12-22(27)23-20-14-21(26)19-6-4-3-5-18(19)20/h3-8,10-11,16,20,25H,9,12-14H2,1-2H3,(H,23,27)/t16?,20-/m0/s1. The zero-order valence-electron chi connectivity index (χ0n) is 15.8. The van der Waals surface area contributed by atoms with Crippen LogP contribution in [-0.2, 0) is 11.2 Å². The van der Waals surface area contributed by atoms with E-state index in [1.165, 1.54) is 0 Å². The Morgan fingerprint density at radius 1 is 1.19 bits per heavy atom. The first kappa shape index (κ1) is 19.1. The predicted octanol–water partition coefficient (Wildman–Crippen LogP) is 3.09. The second-order valence-corrected chi connectivity index (χ2v) is 7.36. The minimum Gasteiger partial charge on any atom is -0.508 e. The summed E-state index contributed by atoms with van der Waals surface area (Å²) in [5, 5.41) is 12.4. The molecule has 27 heavy (non-hydrogen) atoms. The predicted molar refractivity (Wildman–Crippen MR) is 105 cm³/mol. The van der Waals surface area contributed by atoms with Crippen LogP contribution in [0.2, 0.25) is 0 Å². The van der Waals surface area contributed by atoms with Crippen molar-refractivity contribution in [1.82, 2.24) is 10.2 Å². The molecule has 5 nitrogen and oxygen atoms in total. The number of nitrogens with zero attached hydrogens (tertiary/aromatic N) is 1. The van der Waals surface area contributed by atoms with Crippen LogP contribution in [0.4, 0.5) is 0 Å². The monoisotopic (exact) mass is 366 g/mol. The first-order chi connectivity index (χ1) is 12.9. The van der Waals surface area contributed by atoms with Gasteiger partial charge in [0.2, 0.25) is 5.91 Å². The van der Waals surface area contributed by atoms with E-state index in [0.717, 1.165) is 29.5 Å². The molecule has 0 aromatic heterocycles. The highest BCUT2D eigenvalue weighted by atomic mass is 16.3. The lowest BCUT2D eigenvalue weighted by Gasteiger charge is -2.24. The summed E-state index contributed by atoms with van der Waals surface area (Å²) in [6, 6.07) is 14.7. The van der Waals surface area contributed by atoms with Crippen molar-refractivity contribution in [3.8, 4) is 5.75 Å². The highest BCUT2D eigenvalue weighted by Gasteiger charge is 2.29. The van der Waals surface area contributed by atoms with E-state index in [0.29, 0.717) is 12.8 Å². The number of carbonyl (C=O) groups is 2. The van der Waals surface area contributed by atoms with Gasteiger partial charge in [-0.2, -0.15) is 0 Å². The number of likely N-dealkylation sites (N-methyl/N-ethyl adjacent to an activating group) is 1. The molecule has 1 aliphatic rings. The summed E-state index contributed by atoms with van der Waals surface area (Å²) in [5.41, 5.74) is 2.77. The number of hydrogen-bond donors (Lipinski definition) is 2. The molecular weight excluding hydrogens is 340 g/mol. The van der Waals surface area contributed by atoms with Crippen molar-refractivity contribution in [2.75, 3.05) is 14.1 Å². The fraction of sp³-hybridized carbons (Fsp3) is 0.364. The third kappa shape index (κ3) is 4.74. The lowest BCUT2D eigenvalue weighted by atomic mass is 10.0. The van der Waals surface area contributed by atoms with Crippen LogP contribution in [0.15, 0.2) is 48.5 Å². The van der Waals surface area contributed by atoms with Crippen molar-refractivity contribution >= 4 is 11.7 Å². The Morgan fingerprint density at radius 3 is 2.59 bits per heavy atom. The second-order valence-electron chi connectivity index (χ2n) is 7.36. The van der Waals surface area contributed by atoms with Crippen LogP contribution < -0.4 is 5.32 Å². The quantitative estimate of drug-likeness (QED) is 0.790. The van der Waals surface area contributed by atoms with Gasteiger partial charge in [-0.25, -0.2) is 0 Å². The van der Waals surface area contributed by atoms with E-state index in [1.54, 1.807) is 12.1 Å². The van der Waals surface area contributed by atoms with Crippen LogP contribution in [0.25, 0.3) is 0 Å². The first-order valence-corrected chi connectivity index (χ1v) is 9.30. The second kappa shape index (κ2) is 8.35. The first-order valence-electron chi connectivity index (χ1n) is 9.30. The van der Waals surface area contributed by atoms with E-state index in [-0.39, 0.29) is 29.5 Å². The summed E-state index contributed by atoms with van der Waals surface area (Å²) in [7, 11) is 4.02. The smallest absolute Gasteiger partial charge is 0.220 e. The molecule has 0 saturated carbocycles. The van der Waals surface area contributed by atoms with Crippen molar-refractivity contribution in [2.45, 2.75) is 37.8 Å². The number of phenols is 1. The van der Waals surface area contributed by atoms with Crippen LogP contribution >= 0.6 is 0 Å². The summed E-state index contributed by atoms with van der Waals surface area (Å²) >= 11 is 0. The van der Waals surface area contributed by atoms with Gasteiger partial charge in [0.05, 0.1) is 6.04 Å². The van der Waals surface area contributed by atoms with E-state index < -0.39 is 0 Å². The van der Waals surface area contributed by atoms with E-state index >= 15 is 0 Å². The van der Waals surface area contributed by atoms with Gasteiger partial charge in [0, 0.05) is 24.4 Å². The molecule has 2 aromatic carbocycles. The number of rotatable bonds is 7. The number of aromatic hydroxyl groups is 1. The van der Waals surface area contributed by atoms with Crippen molar-refractivity contribution in [3.63, 3.8) is 0 Å². The topological polar surface area (TPSA) is 69.6 Å². The summed E-state index contributed by atoms with van der Waals surface area (Å²) in [6.45, 7) is 0. The fourth-order valence-electron chi connectivity index (χ4n) is 3.60. The van der Waals surface area contributed by atoms with Gasteiger partial charge in [-0.3, -0.25) is 9.59 Å².